The number of thiophene rings is 1. The van der Waals surface area contributed by atoms with Crippen LogP contribution in [0.3, 0.4) is 0 Å². The first-order valence-corrected chi connectivity index (χ1v) is 7.22. The highest BCUT2D eigenvalue weighted by Gasteiger charge is 2.46. The average molecular weight is 309 g/mol. The predicted molar refractivity (Wildman–Crippen MR) is 70.7 cm³/mol. The summed E-state index contributed by atoms with van der Waals surface area (Å²) < 4.78 is 1.21. The maximum Gasteiger partial charge on any atom is 0.0416 e. The standard InChI is InChI=1S/C11H15BrClNS/c1-11(2)9(13)5-10(11)14-6-8-7(12)3-4-15-8/h3-4,9-10,14H,5-6H2,1-2H3. The maximum absolute atomic E-state index is 6.18. The second-order valence-electron chi connectivity index (χ2n) is 4.65. The topological polar surface area (TPSA) is 12.0 Å². The molecule has 0 saturated heterocycles. The lowest BCUT2D eigenvalue weighted by Gasteiger charge is -2.49. The second kappa shape index (κ2) is 4.36. The number of hydrogen-bond donors (Lipinski definition) is 1. The second-order valence-corrected chi connectivity index (χ2v) is 7.03. The van der Waals surface area contributed by atoms with E-state index in [1.54, 1.807) is 11.3 Å². The molecule has 0 radical (unpaired) electrons. The normalized spacial score (nSPS) is 28.8. The zero-order chi connectivity index (χ0) is 11.1. The lowest BCUT2D eigenvalue weighted by atomic mass is 9.67. The van der Waals surface area contributed by atoms with Crippen molar-refractivity contribution in [2.45, 2.75) is 38.2 Å². The Morgan fingerprint density at radius 2 is 2.40 bits per heavy atom. The molecule has 15 heavy (non-hydrogen) atoms. The smallest absolute Gasteiger partial charge is 0.0416 e. The fourth-order valence-electron chi connectivity index (χ4n) is 1.89. The van der Waals surface area contributed by atoms with E-state index in [1.807, 2.05) is 0 Å². The van der Waals surface area contributed by atoms with Gasteiger partial charge in [-0.15, -0.1) is 22.9 Å². The van der Waals surface area contributed by atoms with Crippen LogP contribution in [0.5, 0.6) is 0 Å². The molecule has 1 saturated carbocycles. The molecule has 1 fully saturated rings. The lowest BCUT2D eigenvalue weighted by molar-refractivity contribution is 0.116. The van der Waals surface area contributed by atoms with Crippen molar-refractivity contribution in [3.8, 4) is 0 Å². The van der Waals surface area contributed by atoms with E-state index in [2.05, 4.69) is 46.5 Å². The van der Waals surface area contributed by atoms with Crippen molar-refractivity contribution in [3.05, 3.63) is 20.8 Å². The van der Waals surface area contributed by atoms with Crippen molar-refractivity contribution in [1.29, 1.82) is 0 Å². The Balaban J connectivity index is 1.88. The van der Waals surface area contributed by atoms with E-state index in [1.165, 1.54) is 9.35 Å². The maximum atomic E-state index is 6.18. The van der Waals surface area contributed by atoms with Crippen molar-refractivity contribution in [2.75, 3.05) is 0 Å². The van der Waals surface area contributed by atoms with E-state index in [9.17, 15) is 0 Å². The molecule has 1 aliphatic rings. The van der Waals surface area contributed by atoms with Gasteiger partial charge in [0.25, 0.3) is 0 Å². The van der Waals surface area contributed by atoms with Gasteiger partial charge < -0.3 is 5.32 Å². The van der Waals surface area contributed by atoms with Gasteiger partial charge >= 0.3 is 0 Å². The Kier molecular flexibility index (Phi) is 3.46. The van der Waals surface area contributed by atoms with Gasteiger partial charge in [0.05, 0.1) is 0 Å². The first-order valence-electron chi connectivity index (χ1n) is 5.11. The molecule has 0 bridgehead atoms. The largest absolute Gasteiger partial charge is 0.308 e. The third-order valence-electron chi connectivity index (χ3n) is 3.35. The van der Waals surface area contributed by atoms with Gasteiger partial charge in [0.2, 0.25) is 0 Å². The molecule has 0 aliphatic heterocycles. The Morgan fingerprint density at radius 3 is 2.87 bits per heavy atom. The summed E-state index contributed by atoms with van der Waals surface area (Å²) in [6, 6.07) is 2.65. The summed E-state index contributed by atoms with van der Waals surface area (Å²) in [7, 11) is 0. The number of nitrogens with one attached hydrogen (secondary N) is 1. The SMILES string of the molecule is CC1(C)C(Cl)CC1NCc1sccc1Br. The van der Waals surface area contributed by atoms with Crippen molar-refractivity contribution < 1.29 is 0 Å². The van der Waals surface area contributed by atoms with Gasteiger partial charge in [0, 0.05) is 27.3 Å². The van der Waals surface area contributed by atoms with E-state index in [-0.39, 0.29) is 5.41 Å². The third-order valence-corrected chi connectivity index (χ3v) is 6.02. The number of alkyl halides is 1. The van der Waals surface area contributed by atoms with Crippen LogP contribution in [-0.4, -0.2) is 11.4 Å². The summed E-state index contributed by atoms with van der Waals surface area (Å²) >= 11 is 11.5. The van der Waals surface area contributed by atoms with Gasteiger partial charge in [-0.05, 0) is 39.2 Å². The molecule has 0 amide bonds. The van der Waals surface area contributed by atoms with Crippen molar-refractivity contribution in [3.63, 3.8) is 0 Å². The monoisotopic (exact) mass is 307 g/mol. The summed E-state index contributed by atoms with van der Waals surface area (Å²) in [5.74, 6) is 0. The number of hydrogen-bond acceptors (Lipinski definition) is 2. The van der Waals surface area contributed by atoms with Crippen LogP contribution in [0, 0.1) is 5.41 Å². The van der Waals surface area contributed by atoms with E-state index in [0.29, 0.717) is 11.4 Å². The predicted octanol–water partition coefficient (Wildman–Crippen LogP) is 4.01. The van der Waals surface area contributed by atoms with Gasteiger partial charge in [-0.1, -0.05) is 13.8 Å². The summed E-state index contributed by atoms with van der Waals surface area (Å²) in [5, 5.41) is 6.01. The van der Waals surface area contributed by atoms with E-state index >= 15 is 0 Å². The fourth-order valence-corrected chi connectivity index (χ4v) is 3.66. The van der Waals surface area contributed by atoms with Crippen LogP contribution < -0.4 is 5.32 Å². The molecule has 84 valence electrons. The molecule has 2 rings (SSSR count). The van der Waals surface area contributed by atoms with Crippen molar-refractivity contribution in [1.82, 2.24) is 5.32 Å². The van der Waals surface area contributed by atoms with Crippen LogP contribution in [-0.2, 0) is 6.54 Å². The molecule has 1 aromatic heterocycles. The molecule has 2 unspecified atom stereocenters. The van der Waals surface area contributed by atoms with Gasteiger partial charge in [-0.25, -0.2) is 0 Å². The van der Waals surface area contributed by atoms with Crippen LogP contribution in [0.25, 0.3) is 0 Å². The minimum Gasteiger partial charge on any atom is -0.308 e. The van der Waals surface area contributed by atoms with Crippen LogP contribution in [0.15, 0.2) is 15.9 Å². The summed E-state index contributed by atoms with van der Waals surface area (Å²) in [6.45, 7) is 5.40. The molecule has 0 spiro atoms. The average Bonchev–Trinajstić information content (AvgIpc) is 2.58. The minimum atomic E-state index is 0.227. The van der Waals surface area contributed by atoms with Crippen LogP contribution in [0.1, 0.15) is 25.1 Å². The molecule has 2 atom stereocenters. The minimum absolute atomic E-state index is 0.227. The van der Waals surface area contributed by atoms with E-state index < -0.39 is 0 Å². The first-order chi connectivity index (χ1) is 7.01. The highest BCUT2D eigenvalue weighted by molar-refractivity contribution is 9.10. The molecule has 1 aliphatic carbocycles. The summed E-state index contributed by atoms with van der Waals surface area (Å²) in [5.41, 5.74) is 0.227. The molecule has 1 heterocycles. The first kappa shape index (κ1) is 11.9. The van der Waals surface area contributed by atoms with Crippen molar-refractivity contribution in [2.24, 2.45) is 5.41 Å². The Hall–Kier alpha value is 0.430. The zero-order valence-corrected chi connectivity index (χ0v) is 12.0. The van der Waals surface area contributed by atoms with E-state index in [4.69, 9.17) is 11.6 Å². The van der Waals surface area contributed by atoms with Gasteiger partial charge in [-0.2, -0.15) is 0 Å². The molecule has 1 aromatic rings. The van der Waals surface area contributed by atoms with Crippen LogP contribution >= 0.6 is 38.9 Å². The third kappa shape index (κ3) is 2.26. The highest BCUT2D eigenvalue weighted by Crippen LogP contribution is 2.44. The van der Waals surface area contributed by atoms with Crippen molar-refractivity contribution >= 4 is 38.9 Å². The molecule has 4 heteroatoms. The highest BCUT2D eigenvalue weighted by atomic mass is 79.9. The zero-order valence-electron chi connectivity index (χ0n) is 8.89. The quantitative estimate of drug-likeness (QED) is 0.832. The van der Waals surface area contributed by atoms with Crippen LogP contribution in [0.2, 0.25) is 0 Å². The van der Waals surface area contributed by atoms with Gasteiger partial charge in [-0.3, -0.25) is 0 Å². The Labute approximate surface area is 108 Å². The molecule has 1 nitrogen and oxygen atoms in total. The molecular formula is C11H15BrClNS. The summed E-state index contributed by atoms with van der Waals surface area (Å²) in [4.78, 5) is 1.36. The molecular weight excluding hydrogens is 294 g/mol. The fraction of sp³-hybridized carbons (Fsp3) is 0.636. The van der Waals surface area contributed by atoms with Crippen LogP contribution in [0.4, 0.5) is 0 Å². The molecule has 0 aromatic carbocycles. The summed E-state index contributed by atoms with van der Waals surface area (Å²) in [6.07, 6.45) is 1.08. The Bertz CT molecular complexity index is 350. The Morgan fingerprint density at radius 1 is 1.67 bits per heavy atom. The number of rotatable bonds is 3. The number of halogens is 2. The molecule has 1 N–H and O–H groups in total. The van der Waals surface area contributed by atoms with Gasteiger partial charge in [0.1, 0.15) is 0 Å². The van der Waals surface area contributed by atoms with E-state index in [0.717, 1.165) is 13.0 Å². The lowest BCUT2D eigenvalue weighted by Crippen LogP contribution is -2.57. The van der Waals surface area contributed by atoms with Gasteiger partial charge in [0.15, 0.2) is 0 Å².